The van der Waals surface area contributed by atoms with Gasteiger partial charge in [-0.3, -0.25) is 9.69 Å². The molecule has 3 rings (SSSR count). The van der Waals surface area contributed by atoms with Crippen LogP contribution in [0.5, 0.6) is 11.5 Å². The summed E-state index contributed by atoms with van der Waals surface area (Å²) in [5.41, 5.74) is 0.617. The molecule has 2 aromatic rings. The largest absolute Gasteiger partial charge is 0.497 e. The number of halogens is 1. The Labute approximate surface area is 156 Å². The number of methoxy groups -OCH3 is 2. The number of sulfone groups is 1. The molecule has 0 saturated heterocycles. The summed E-state index contributed by atoms with van der Waals surface area (Å²) in [4.78, 5) is 14.5. The molecule has 0 bridgehead atoms. The van der Waals surface area contributed by atoms with Gasteiger partial charge in [-0.1, -0.05) is 0 Å². The van der Waals surface area contributed by atoms with Crippen molar-refractivity contribution in [3.63, 3.8) is 0 Å². The fraction of sp³-hybridized carbons (Fsp3) is 0.211. The van der Waals surface area contributed by atoms with Crippen LogP contribution in [0.4, 0.5) is 10.1 Å². The molecule has 2 aromatic carbocycles. The number of anilines is 1. The van der Waals surface area contributed by atoms with E-state index >= 15 is 0 Å². The van der Waals surface area contributed by atoms with Crippen molar-refractivity contribution in [2.75, 3.05) is 24.9 Å². The van der Waals surface area contributed by atoms with Gasteiger partial charge in [-0.05, 0) is 42.5 Å². The van der Waals surface area contributed by atoms with Crippen LogP contribution in [0, 0.1) is 5.82 Å². The third-order valence-electron chi connectivity index (χ3n) is 4.20. The van der Waals surface area contributed by atoms with Crippen molar-refractivity contribution in [3.8, 4) is 11.5 Å². The maximum atomic E-state index is 13.2. The van der Waals surface area contributed by atoms with Gasteiger partial charge in [-0.25, -0.2) is 12.8 Å². The van der Waals surface area contributed by atoms with Crippen molar-refractivity contribution in [3.05, 3.63) is 65.3 Å². The minimum Gasteiger partial charge on any atom is -0.497 e. The summed E-state index contributed by atoms with van der Waals surface area (Å²) < 4.78 is 47.6. The van der Waals surface area contributed by atoms with Crippen molar-refractivity contribution in [1.82, 2.24) is 0 Å². The molecule has 27 heavy (non-hydrogen) atoms. The van der Waals surface area contributed by atoms with Gasteiger partial charge in [0.2, 0.25) is 0 Å². The molecular formula is C19H18FNO5S. The van der Waals surface area contributed by atoms with Crippen LogP contribution in [0.15, 0.2) is 53.9 Å². The zero-order valence-corrected chi connectivity index (χ0v) is 15.6. The number of benzene rings is 2. The zero-order chi connectivity index (χ0) is 19.6. The molecule has 142 valence electrons. The predicted octanol–water partition coefficient (Wildman–Crippen LogP) is 2.80. The van der Waals surface area contributed by atoms with Gasteiger partial charge in [-0.2, -0.15) is 0 Å². The number of amides is 1. The van der Waals surface area contributed by atoms with Gasteiger partial charge < -0.3 is 9.47 Å². The summed E-state index contributed by atoms with van der Waals surface area (Å²) in [7, 11) is -0.457. The summed E-state index contributed by atoms with van der Waals surface area (Å²) in [6.07, 6.45) is 1.46. The van der Waals surface area contributed by atoms with Crippen molar-refractivity contribution < 1.29 is 27.1 Å². The van der Waals surface area contributed by atoms with E-state index in [-0.39, 0.29) is 11.3 Å². The second kappa shape index (κ2) is 7.40. The lowest BCUT2D eigenvalue weighted by Crippen LogP contribution is -2.41. The lowest BCUT2D eigenvalue weighted by atomic mass is 10.1. The van der Waals surface area contributed by atoms with Crippen LogP contribution in [0.2, 0.25) is 0 Å². The van der Waals surface area contributed by atoms with E-state index < -0.39 is 27.6 Å². The highest BCUT2D eigenvalue weighted by Gasteiger charge is 2.33. The van der Waals surface area contributed by atoms with Crippen molar-refractivity contribution in [2.24, 2.45) is 0 Å². The number of rotatable bonds is 5. The first kappa shape index (κ1) is 18.9. The highest BCUT2D eigenvalue weighted by molar-refractivity contribution is 7.94. The van der Waals surface area contributed by atoms with Gasteiger partial charge in [0.15, 0.2) is 9.84 Å². The highest BCUT2D eigenvalue weighted by Crippen LogP contribution is 2.35. The SMILES string of the molecule is COc1ccc(N(C(=O)c2ccc(F)cc2)[C@H]2C=CS(=O)(=O)C2)c(OC)c1. The van der Waals surface area contributed by atoms with Crippen LogP contribution >= 0.6 is 0 Å². The lowest BCUT2D eigenvalue weighted by molar-refractivity contribution is 0.0982. The maximum Gasteiger partial charge on any atom is 0.258 e. The van der Waals surface area contributed by atoms with E-state index in [0.29, 0.717) is 17.2 Å². The summed E-state index contributed by atoms with van der Waals surface area (Å²) >= 11 is 0. The monoisotopic (exact) mass is 391 g/mol. The quantitative estimate of drug-likeness (QED) is 0.784. The number of carbonyl (C=O) groups excluding carboxylic acids is 1. The normalized spacial score (nSPS) is 17.5. The van der Waals surface area contributed by atoms with Crippen molar-refractivity contribution in [2.45, 2.75) is 6.04 Å². The number of ether oxygens (including phenoxy) is 2. The van der Waals surface area contributed by atoms with Gasteiger partial charge in [-0.15, -0.1) is 0 Å². The van der Waals surface area contributed by atoms with Crippen LogP contribution in [-0.4, -0.2) is 40.3 Å². The first-order valence-electron chi connectivity index (χ1n) is 8.07. The second-order valence-electron chi connectivity index (χ2n) is 5.95. The molecular weight excluding hydrogens is 373 g/mol. The van der Waals surface area contributed by atoms with Crippen LogP contribution in [0.25, 0.3) is 0 Å². The van der Waals surface area contributed by atoms with E-state index in [9.17, 15) is 17.6 Å². The van der Waals surface area contributed by atoms with E-state index in [1.165, 1.54) is 49.5 Å². The van der Waals surface area contributed by atoms with Crippen LogP contribution in [0.3, 0.4) is 0 Å². The molecule has 0 N–H and O–H groups in total. The fourth-order valence-electron chi connectivity index (χ4n) is 2.87. The molecule has 1 aliphatic rings. The first-order chi connectivity index (χ1) is 12.8. The first-order valence-corrected chi connectivity index (χ1v) is 9.78. The molecule has 1 aliphatic heterocycles. The molecule has 0 fully saturated rings. The number of hydrogen-bond donors (Lipinski definition) is 0. The van der Waals surface area contributed by atoms with E-state index in [1.807, 2.05) is 0 Å². The summed E-state index contributed by atoms with van der Waals surface area (Å²) in [6.45, 7) is 0. The van der Waals surface area contributed by atoms with E-state index in [1.54, 1.807) is 18.2 Å². The van der Waals surface area contributed by atoms with Crippen LogP contribution in [0.1, 0.15) is 10.4 Å². The fourth-order valence-corrected chi connectivity index (χ4v) is 4.14. The number of nitrogens with zero attached hydrogens (tertiary/aromatic N) is 1. The maximum absolute atomic E-state index is 13.2. The molecule has 1 amide bonds. The standard InChI is InChI=1S/C19H18FNO5S/c1-25-16-7-8-17(18(11-16)26-2)21(15-9-10-27(23,24)12-15)19(22)13-3-5-14(20)6-4-13/h3-11,15H,12H2,1-2H3/t15-/m0/s1. The average Bonchev–Trinajstić information content (AvgIpc) is 3.02. The molecule has 0 spiro atoms. The molecule has 0 aromatic heterocycles. The predicted molar refractivity (Wildman–Crippen MR) is 99.5 cm³/mol. The molecule has 0 saturated carbocycles. The Kier molecular flexibility index (Phi) is 5.18. The average molecular weight is 391 g/mol. The minimum absolute atomic E-state index is 0.229. The highest BCUT2D eigenvalue weighted by atomic mass is 32.2. The Morgan fingerprint density at radius 3 is 2.37 bits per heavy atom. The van der Waals surface area contributed by atoms with Crippen molar-refractivity contribution >= 4 is 21.4 Å². The third-order valence-corrected chi connectivity index (χ3v) is 5.58. The van der Waals surface area contributed by atoms with Crippen LogP contribution in [-0.2, 0) is 9.84 Å². The molecule has 0 radical (unpaired) electrons. The van der Waals surface area contributed by atoms with Gasteiger partial charge in [0, 0.05) is 17.0 Å². The van der Waals surface area contributed by atoms with Crippen molar-refractivity contribution in [1.29, 1.82) is 0 Å². The summed E-state index contributed by atoms with van der Waals surface area (Å²) in [5.74, 6) is -0.301. The molecule has 0 unspecified atom stereocenters. The summed E-state index contributed by atoms with van der Waals surface area (Å²) in [5, 5.41) is 1.10. The number of carbonyl (C=O) groups is 1. The Balaban J connectivity index is 2.09. The number of hydrogen-bond acceptors (Lipinski definition) is 5. The van der Waals surface area contributed by atoms with Crippen LogP contribution < -0.4 is 14.4 Å². The zero-order valence-electron chi connectivity index (χ0n) is 14.8. The smallest absolute Gasteiger partial charge is 0.258 e. The van der Waals surface area contributed by atoms with E-state index in [0.717, 1.165) is 5.41 Å². The lowest BCUT2D eigenvalue weighted by Gasteiger charge is -2.29. The molecule has 8 heteroatoms. The topological polar surface area (TPSA) is 72.9 Å². The van der Waals surface area contributed by atoms with Gasteiger partial charge in [0.1, 0.15) is 17.3 Å². The molecule has 1 atom stereocenters. The Hall–Kier alpha value is -2.87. The third kappa shape index (κ3) is 3.95. The second-order valence-corrected chi connectivity index (χ2v) is 7.88. The van der Waals surface area contributed by atoms with Gasteiger partial charge in [0.25, 0.3) is 5.91 Å². The minimum atomic E-state index is -3.40. The molecule has 6 nitrogen and oxygen atoms in total. The van der Waals surface area contributed by atoms with Gasteiger partial charge in [0.05, 0.1) is 31.7 Å². The molecule has 1 heterocycles. The molecule has 0 aliphatic carbocycles. The summed E-state index contributed by atoms with van der Waals surface area (Å²) in [6, 6.07) is 9.23. The van der Waals surface area contributed by atoms with E-state index in [2.05, 4.69) is 0 Å². The Morgan fingerprint density at radius 2 is 1.81 bits per heavy atom. The van der Waals surface area contributed by atoms with Gasteiger partial charge >= 0.3 is 0 Å². The Bertz CT molecular complexity index is 986. The Morgan fingerprint density at radius 1 is 1.11 bits per heavy atom. The van der Waals surface area contributed by atoms with E-state index in [4.69, 9.17) is 9.47 Å².